The van der Waals surface area contributed by atoms with E-state index in [2.05, 4.69) is 46.4 Å². The largest absolute Gasteiger partial charge is 0.365 e. The van der Waals surface area contributed by atoms with Crippen molar-refractivity contribution in [1.82, 2.24) is 0 Å². The molecular weight excluding hydrogens is 356 g/mol. The van der Waals surface area contributed by atoms with E-state index in [1.807, 2.05) is 0 Å². The lowest BCUT2D eigenvalue weighted by Crippen LogP contribution is -2.36. The fourth-order valence-electron chi connectivity index (χ4n) is 6.68. The maximum Gasteiger partial charge on any atom is 0.166 e. The van der Waals surface area contributed by atoms with Crippen molar-refractivity contribution in [2.75, 3.05) is 0 Å². The van der Waals surface area contributed by atoms with E-state index in [0.717, 1.165) is 28.9 Å². The van der Waals surface area contributed by atoms with Gasteiger partial charge in [0.05, 0.1) is 0 Å². The zero-order valence-corrected chi connectivity index (χ0v) is 19.3. The van der Waals surface area contributed by atoms with Crippen LogP contribution in [0.4, 0.5) is 0 Å². The fourth-order valence-corrected chi connectivity index (χ4v) is 6.68. The topological polar surface area (TPSA) is 40.5 Å². The molecule has 0 saturated heterocycles. The van der Waals surface area contributed by atoms with Gasteiger partial charge < -0.3 is 10.2 Å². The van der Waals surface area contributed by atoms with Gasteiger partial charge >= 0.3 is 0 Å². The lowest BCUT2D eigenvalue weighted by Gasteiger charge is -2.44. The third-order valence-corrected chi connectivity index (χ3v) is 8.42. The van der Waals surface area contributed by atoms with Crippen LogP contribution in [0.3, 0.4) is 0 Å². The molecule has 0 unspecified atom stereocenters. The van der Waals surface area contributed by atoms with Gasteiger partial charge in [-0.25, -0.2) is 0 Å². The Labute approximate surface area is 179 Å². The predicted octanol–water partition coefficient (Wildman–Crippen LogP) is 6.94. The summed E-state index contributed by atoms with van der Waals surface area (Å²) in [6.45, 7) is 13.9. The molecule has 0 spiro atoms. The summed E-state index contributed by atoms with van der Waals surface area (Å²) in [5.74, 6) is 1.64. The van der Waals surface area contributed by atoms with Gasteiger partial charge in [0.2, 0.25) is 0 Å². The first kappa shape index (κ1) is 22.8. The van der Waals surface area contributed by atoms with Gasteiger partial charge in [-0.1, -0.05) is 76.8 Å². The molecule has 164 valence electrons. The maximum atomic E-state index is 10.0. The van der Waals surface area contributed by atoms with Gasteiger partial charge in [0, 0.05) is 12.8 Å². The molecule has 2 N–H and O–H groups in total. The van der Waals surface area contributed by atoms with Gasteiger partial charge in [-0.3, -0.25) is 0 Å². The average Bonchev–Trinajstić information content (AvgIpc) is 2.99. The fraction of sp³-hybridized carbons (Fsp3) is 0.778. The number of fused-ring (bicyclic) bond motifs is 1. The van der Waals surface area contributed by atoms with Crippen LogP contribution in [0.2, 0.25) is 0 Å². The Morgan fingerprint density at radius 1 is 1.07 bits per heavy atom. The van der Waals surface area contributed by atoms with Crippen LogP contribution >= 0.6 is 0 Å². The van der Waals surface area contributed by atoms with E-state index in [0.29, 0.717) is 30.6 Å². The molecule has 0 aromatic carbocycles. The Morgan fingerprint density at radius 2 is 1.83 bits per heavy atom. The molecule has 3 fully saturated rings. The van der Waals surface area contributed by atoms with Gasteiger partial charge in [-0.15, -0.1) is 0 Å². The molecule has 2 heteroatoms. The summed E-state index contributed by atoms with van der Waals surface area (Å²) in [7, 11) is 0. The van der Waals surface area contributed by atoms with E-state index >= 15 is 0 Å². The molecule has 0 amide bonds. The monoisotopic (exact) mass is 400 g/mol. The smallest absolute Gasteiger partial charge is 0.166 e. The summed E-state index contributed by atoms with van der Waals surface area (Å²) >= 11 is 0. The zero-order valence-electron chi connectivity index (χ0n) is 19.3. The summed E-state index contributed by atoms with van der Waals surface area (Å²) < 4.78 is 0. The third kappa shape index (κ3) is 5.25. The summed E-state index contributed by atoms with van der Waals surface area (Å²) in [6.07, 6.45) is 16.6. The van der Waals surface area contributed by atoms with Crippen molar-refractivity contribution in [2.24, 2.45) is 29.1 Å². The molecule has 0 aromatic heterocycles. The van der Waals surface area contributed by atoms with E-state index in [1.165, 1.54) is 51.4 Å². The quantitative estimate of drug-likeness (QED) is 0.474. The molecule has 3 saturated carbocycles. The second-order valence-electron chi connectivity index (χ2n) is 11.1. The molecule has 0 aliphatic heterocycles. The van der Waals surface area contributed by atoms with Gasteiger partial charge in [-0.2, -0.15) is 0 Å². The second kappa shape index (κ2) is 9.10. The van der Waals surface area contributed by atoms with Crippen molar-refractivity contribution in [2.45, 2.75) is 104 Å². The SMILES string of the molecule is C=C1CCC(O)(O)C/C1=C/C=C1\CCC[C@]2(C)[C@@H]([C@H](C)CCCC(C)C)CC[C@@H]12. The first-order valence-corrected chi connectivity index (χ1v) is 12.1. The van der Waals surface area contributed by atoms with Gasteiger partial charge in [0.1, 0.15) is 0 Å². The highest BCUT2D eigenvalue weighted by atomic mass is 16.5. The van der Waals surface area contributed by atoms with Crippen LogP contribution in [0.1, 0.15) is 98.3 Å². The van der Waals surface area contributed by atoms with Crippen LogP contribution < -0.4 is 0 Å². The second-order valence-corrected chi connectivity index (χ2v) is 11.1. The molecule has 3 rings (SSSR count). The third-order valence-electron chi connectivity index (χ3n) is 8.42. The van der Waals surface area contributed by atoms with Gasteiger partial charge in [0.15, 0.2) is 5.79 Å². The highest BCUT2D eigenvalue weighted by Crippen LogP contribution is 2.60. The molecule has 4 atom stereocenters. The highest BCUT2D eigenvalue weighted by molar-refractivity contribution is 5.36. The van der Waals surface area contributed by atoms with Crippen LogP contribution in [-0.2, 0) is 0 Å². The zero-order chi connectivity index (χ0) is 21.2. The standard InChI is InChI=1S/C27H44O2/c1-19(2)8-6-9-21(4)24-13-14-25-22(10-7-16-26(24,25)5)11-12-23-18-27(28,29)17-15-20(23)3/h11-12,19,21,24-25,28-29H,3,6-10,13-18H2,1-2,4-5H3/b22-11+,23-12-/t21-,24-,25+,26-/m1/s1. The maximum absolute atomic E-state index is 10.0. The van der Waals surface area contributed by atoms with Gasteiger partial charge in [0.25, 0.3) is 0 Å². The van der Waals surface area contributed by atoms with Crippen LogP contribution in [0.5, 0.6) is 0 Å². The molecule has 3 aliphatic carbocycles. The minimum Gasteiger partial charge on any atom is -0.365 e. The molecule has 0 radical (unpaired) electrons. The van der Waals surface area contributed by atoms with Gasteiger partial charge in [-0.05, 0) is 73.2 Å². The number of hydrogen-bond acceptors (Lipinski definition) is 2. The Bertz CT molecular complexity index is 653. The van der Waals surface area contributed by atoms with E-state index in [9.17, 15) is 10.2 Å². The molecule has 0 aromatic rings. The Kier molecular flexibility index (Phi) is 7.16. The predicted molar refractivity (Wildman–Crippen MR) is 122 cm³/mol. The summed E-state index contributed by atoms with van der Waals surface area (Å²) in [4.78, 5) is 0. The molecule has 29 heavy (non-hydrogen) atoms. The van der Waals surface area contributed by atoms with Crippen molar-refractivity contribution < 1.29 is 10.2 Å². The summed E-state index contributed by atoms with van der Waals surface area (Å²) in [5, 5.41) is 20.1. The first-order valence-electron chi connectivity index (χ1n) is 12.1. The van der Waals surface area contributed by atoms with Crippen LogP contribution in [0.25, 0.3) is 0 Å². The van der Waals surface area contributed by atoms with Crippen molar-refractivity contribution in [3.63, 3.8) is 0 Å². The number of aliphatic hydroxyl groups is 2. The normalized spacial score (nSPS) is 36.0. The van der Waals surface area contributed by atoms with E-state index in [1.54, 1.807) is 5.57 Å². The molecule has 0 heterocycles. The number of hydrogen-bond donors (Lipinski definition) is 2. The molecule has 3 aliphatic rings. The summed E-state index contributed by atoms with van der Waals surface area (Å²) in [6, 6.07) is 0. The lowest BCUT2D eigenvalue weighted by atomic mass is 9.60. The lowest BCUT2D eigenvalue weighted by molar-refractivity contribution is -0.166. The molecule has 0 bridgehead atoms. The van der Waals surface area contributed by atoms with Crippen LogP contribution in [-0.4, -0.2) is 16.0 Å². The number of allylic oxidation sites excluding steroid dienone is 4. The Morgan fingerprint density at radius 3 is 2.55 bits per heavy atom. The van der Waals surface area contributed by atoms with Crippen molar-refractivity contribution in [3.8, 4) is 0 Å². The van der Waals surface area contributed by atoms with E-state index in [4.69, 9.17) is 0 Å². The van der Waals surface area contributed by atoms with Crippen molar-refractivity contribution in [1.29, 1.82) is 0 Å². The minimum absolute atomic E-state index is 0.313. The Balaban J connectivity index is 1.71. The number of rotatable bonds is 6. The van der Waals surface area contributed by atoms with E-state index < -0.39 is 5.79 Å². The van der Waals surface area contributed by atoms with Crippen LogP contribution in [0.15, 0.2) is 35.5 Å². The summed E-state index contributed by atoms with van der Waals surface area (Å²) in [5.41, 5.74) is 4.14. The van der Waals surface area contributed by atoms with Crippen molar-refractivity contribution >= 4 is 0 Å². The van der Waals surface area contributed by atoms with Crippen molar-refractivity contribution in [3.05, 3.63) is 35.5 Å². The highest BCUT2D eigenvalue weighted by Gasteiger charge is 2.50. The van der Waals surface area contributed by atoms with E-state index in [-0.39, 0.29) is 0 Å². The molecule has 2 nitrogen and oxygen atoms in total. The average molecular weight is 401 g/mol. The molecular formula is C27H44O2. The first-order chi connectivity index (χ1) is 13.6. The van der Waals surface area contributed by atoms with Crippen LogP contribution in [0, 0.1) is 29.1 Å². The Hall–Kier alpha value is -0.860. The minimum atomic E-state index is -1.56.